The smallest absolute Gasteiger partial charge is 0.330 e. The molecule has 20 heavy (non-hydrogen) atoms. The topological polar surface area (TPSA) is 56.7 Å². The Kier molecular flexibility index (Phi) is 4.67. The zero-order chi connectivity index (χ0) is 14.8. The van der Waals surface area contributed by atoms with Crippen LogP contribution in [0, 0.1) is 11.8 Å². The Hall–Kier alpha value is -1.11. The van der Waals surface area contributed by atoms with Crippen LogP contribution in [0.2, 0.25) is 0 Å². The van der Waals surface area contributed by atoms with Crippen molar-refractivity contribution in [3.05, 3.63) is 11.6 Å². The second-order valence-electron chi connectivity index (χ2n) is 5.64. The van der Waals surface area contributed by atoms with Crippen LogP contribution >= 0.6 is 0 Å². The molecule has 0 spiro atoms. The molecule has 1 aliphatic heterocycles. The molecule has 0 amide bonds. The van der Waals surface area contributed by atoms with Crippen LogP contribution in [-0.4, -0.2) is 27.5 Å². The van der Waals surface area contributed by atoms with E-state index in [1.165, 1.54) is 0 Å². The standard InChI is InChI=1S/C13H21F3N4/c1-9(6-7-17)2-4-11-18-19-12-5-3-10(8-20(11)12)13(14,15)16/h9-10H,2-8,17H2,1H3. The van der Waals surface area contributed by atoms with E-state index in [9.17, 15) is 13.2 Å². The van der Waals surface area contributed by atoms with Crippen LogP contribution in [0.4, 0.5) is 13.2 Å². The minimum absolute atomic E-state index is 0.0353. The van der Waals surface area contributed by atoms with Crippen molar-refractivity contribution in [1.82, 2.24) is 14.8 Å². The quantitative estimate of drug-likeness (QED) is 0.905. The first-order valence-corrected chi connectivity index (χ1v) is 7.09. The van der Waals surface area contributed by atoms with Gasteiger partial charge in [0.05, 0.1) is 5.92 Å². The molecule has 2 atom stereocenters. The van der Waals surface area contributed by atoms with Crippen LogP contribution in [-0.2, 0) is 19.4 Å². The number of hydrogen-bond acceptors (Lipinski definition) is 3. The average Bonchev–Trinajstić information content (AvgIpc) is 2.78. The van der Waals surface area contributed by atoms with Crippen molar-refractivity contribution in [1.29, 1.82) is 0 Å². The first-order valence-electron chi connectivity index (χ1n) is 7.09. The van der Waals surface area contributed by atoms with E-state index < -0.39 is 12.1 Å². The Morgan fingerprint density at radius 2 is 2.10 bits per heavy atom. The Morgan fingerprint density at radius 3 is 2.75 bits per heavy atom. The third-order valence-corrected chi connectivity index (χ3v) is 4.01. The van der Waals surface area contributed by atoms with Gasteiger partial charge in [-0.25, -0.2) is 0 Å². The molecule has 0 aromatic carbocycles. The van der Waals surface area contributed by atoms with E-state index in [4.69, 9.17) is 5.73 Å². The minimum Gasteiger partial charge on any atom is -0.330 e. The van der Waals surface area contributed by atoms with Gasteiger partial charge < -0.3 is 10.3 Å². The highest BCUT2D eigenvalue weighted by Crippen LogP contribution is 2.34. The fourth-order valence-corrected chi connectivity index (χ4v) is 2.64. The number of halogens is 3. The third kappa shape index (κ3) is 3.50. The van der Waals surface area contributed by atoms with E-state index in [0.29, 0.717) is 37.0 Å². The molecule has 1 aliphatic rings. The number of nitrogens with zero attached hydrogens (tertiary/aromatic N) is 3. The van der Waals surface area contributed by atoms with Crippen molar-refractivity contribution in [3.63, 3.8) is 0 Å². The van der Waals surface area contributed by atoms with Gasteiger partial charge in [-0.2, -0.15) is 13.2 Å². The summed E-state index contributed by atoms with van der Waals surface area (Å²) in [7, 11) is 0. The van der Waals surface area contributed by atoms with Crippen LogP contribution in [0.3, 0.4) is 0 Å². The van der Waals surface area contributed by atoms with Gasteiger partial charge in [0, 0.05) is 19.4 Å². The Bertz CT molecular complexity index is 441. The fraction of sp³-hybridized carbons (Fsp3) is 0.846. The summed E-state index contributed by atoms with van der Waals surface area (Å²) < 4.78 is 40.1. The molecule has 0 aliphatic carbocycles. The summed E-state index contributed by atoms with van der Waals surface area (Å²) in [6.45, 7) is 2.69. The number of fused-ring (bicyclic) bond motifs is 1. The highest BCUT2D eigenvalue weighted by atomic mass is 19.4. The predicted octanol–water partition coefficient (Wildman–Crippen LogP) is 2.32. The maximum Gasteiger partial charge on any atom is 0.393 e. The summed E-state index contributed by atoms with van der Waals surface area (Å²) in [6, 6.07) is 0. The normalized spacial score (nSPS) is 20.8. The van der Waals surface area contributed by atoms with Crippen molar-refractivity contribution in [2.24, 2.45) is 17.6 Å². The molecule has 1 aromatic rings. The highest BCUT2D eigenvalue weighted by Gasteiger charge is 2.42. The number of hydrogen-bond donors (Lipinski definition) is 1. The summed E-state index contributed by atoms with van der Waals surface area (Å²) >= 11 is 0. The lowest BCUT2D eigenvalue weighted by Crippen LogP contribution is -2.32. The van der Waals surface area contributed by atoms with E-state index >= 15 is 0 Å². The van der Waals surface area contributed by atoms with Crippen LogP contribution in [0.15, 0.2) is 0 Å². The van der Waals surface area contributed by atoms with Gasteiger partial charge in [-0.3, -0.25) is 0 Å². The molecule has 1 aromatic heterocycles. The molecular formula is C13H21F3N4. The van der Waals surface area contributed by atoms with Crippen LogP contribution in [0.5, 0.6) is 0 Å². The van der Waals surface area contributed by atoms with Crippen molar-refractivity contribution in [2.45, 2.75) is 51.7 Å². The number of alkyl halides is 3. The van der Waals surface area contributed by atoms with Gasteiger partial charge in [-0.15, -0.1) is 10.2 Å². The maximum absolute atomic E-state index is 12.8. The van der Waals surface area contributed by atoms with Gasteiger partial charge in [0.15, 0.2) is 0 Å². The van der Waals surface area contributed by atoms with Crippen molar-refractivity contribution in [3.8, 4) is 0 Å². The molecule has 2 N–H and O–H groups in total. The van der Waals surface area contributed by atoms with Crippen LogP contribution in [0.25, 0.3) is 0 Å². The lowest BCUT2D eigenvalue weighted by Gasteiger charge is -2.26. The van der Waals surface area contributed by atoms with Gasteiger partial charge in [0.25, 0.3) is 0 Å². The van der Waals surface area contributed by atoms with Crippen molar-refractivity contribution in [2.75, 3.05) is 6.54 Å². The Morgan fingerprint density at radius 1 is 1.35 bits per heavy atom. The maximum atomic E-state index is 12.8. The SMILES string of the molecule is CC(CCN)CCc1nnc2n1CC(C(F)(F)F)CC2. The largest absolute Gasteiger partial charge is 0.393 e. The number of rotatable bonds is 5. The lowest BCUT2D eigenvalue weighted by atomic mass is 9.98. The molecule has 0 saturated carbocycles. The van der Waals surface area contributed by atoms with Gasteiger partial charge >= 0.3 is 6.18 Å². The zero-order valence-electron chi connectivity index (χ0n) is 11.7. The Balaban J connectivity index is 2.02. The van der Waals surface area contributed by atoms with Crippen molar-refractivity contribution >= 4 is 0 Å². The first-order chi connectivity index (χ1) is 9.41. The fourth-order valence-electron chi connectivity index (χ4n) is 2.64. The molecule has 0 fully saturated rings. The molecule has 7 heteroatoms. The van der Waals surface area contributed by atoms with E-state index in [0.717, 1.165) is 12.8 Å². The number of aryl methyl sites for hydroxylation is 2. The first kappa shape index (κ1) is 15.3. The van der Waals surface area contributed by atoms with E-state index in [1.54, 1.807) is 4.57 Å². The molecular weight excluding hydrogens is 269 g/mol. The number of nitrogens with two attached hydrogens (primary N) is 1. The molecule has 2 unspecified atom stereocenters. The summed E-state index contributed by atoms with van der Waals surface area (Å²) in [4.78, 5) is 0. The molecule has 0 bridgehead atoms. The van der Waals surface area contributed by atoms with Gasteiger partial charge in [0.2, 0.25) is 0 Å². The summed E-state index contributed by atoms with van der Waals surface area (Å²) in [5.74, 6) is 0.547. The molecule has 2 heterocycles. The second-order valence-corrected chi connectivity index (χ2v) is 5.64. The predicted molar refractivity (Wildman–Crippen MR) is 69.0 cm³/mol. The van der Waals surface area contributed by atoms with E-state index in [2.05, 4.69) is 17.1 Å². The van der Waals surface area contributed by atoms with Gasteiger partial charge in [0.1, 0.15) is 11.6 Å². The molecule has 0 radical (unpaired) electrons. The Labute approximate surface area is 116 Å². The molecule has 0 saturated heterocycles. The summed E-state index contributed by atoms with van der Waals surface area (Å²) in [6.07, 6.45) is -1.19. The van der Waals surface area contributed by atoms with Crippen LogP contribution in [0.1, 0.15) is 37.8 Å². The average molecular weight is 290 g/mol. The van der Waals surface area contributed by atoms with Gasteiger partial charge in [-0.1, -0.05) is 6.92 Å². The summed E-state index contributed by atoms with van der Waals surface area (Å²) in [5.41, 5.74) is 5.50. The summed E-state index contributed by atoms with van der Waals surface area (Å²) in [5, 5.41) is 8.08. The molecule has 114 valence electrons. The zero-order valence-corrected chi connectivity index (χ0v) is 11.7. The second kappa shape index (κ2) is 6.11. The monoisotopic (exact) mass is 290 g/mol. The third-order valence-electron chi connectivity index (χ3n) is 4.01. The van der Waals surface area contributed by atoms with Crippen LogP contribution < -0.4 is 5.73 Å². The highest BCUT2D eigenvalue weighted by molar-refractivity contribution is 5.01. The molecule has 2 rings (SSSR count). The molecule has 4 nitrogen and oxygen atoms in total. The van der Waals surface area contributed by atoms with E-state index in [1.807, 2.05) is 0 Å². The van der Waals surface area contributed by atoms with E-state index in [-0.39, 0.29) is 13.0 Å². The van der Waals surface area contributed by atoms with Crippen molar-refractivity contribution < 1.29 is 13.2 Å². The lowest BCUT2D eigenvalue weighted by molar-refractivity contribution is -0.182. The van der Waals surface area contributed by atoms with Gasteiger partial charge in [-0.05, 0) is 31.7 Å². The minimum atomic E-state index is -4.13. The number of aromatic nitrogens is 3.